The molecule has 1 saturated carbocycles. The van der Waals surface area contributed by atoms with Crippen molar-refractivity contribution in [2.75, 3.05) is 6.61 Å². The zero-order valence-electron chi connectivity index (χ0n) is 11.5. The zero-order valence-corrected chi connectivity index (χ0v) is 11.5. The molecule has 6 nitrogen and oxygen atoms in total. The van der Waals surface area contributed by atoms with E-state index in [0.29, 0.717) is 5.56 Å². The topological polar surface area (TPSA) is 107 Å². The molecule has 3 rings (SSSR count). The number of aryl methyl sites for hydroxylation is 1. The molecule has 1 aromatic carbocycles. The van der Waals surface area contributed by atoms with Crippen LogP contribution in [0.5, 0.6) is 11.5 Å². The Kier molecular flexibility index (Phi) is 2.96. The number of phenols is 1. The molecule has 6 heteroatoms. The van der Waals surface area contributed by atoms with E-state index in [1.807, 2.05) is 0 Å². The Morgan fingerprint density at radius 3 is 2.76 bits per heavy atom. The smallest absolute Gasteiger partial charge is 0.189 e. The number of hydrogen-bond donors (Lipinski definition) is 4. The molecule has 1 aliphatic carbocycles. The zero-order chi connectivity index (χ0) is 15.4. The van der Waals surface area contributed by atoms with Gasteiger partial charge in [-0.05, 0) is 31.0 Å². The molecule has 0 spiro atoms. The number of rotatable bonds is 1. The standard InChI is InChI=1S/C15H16O6/c1-7-4-9(18)12-10(5-7)21-15(6-16)11(19)3-2-8(17)13(15)14(12)20/h4-5,11,16,18-20H,2-3,6H2,1H3. The fourth-order valence-electron chi connectivity index (χ4n) is 3.07. The number of carbonyl (C=O) groups is 1. The van der Waals surface area contributed by atoms with Gasteiger partial charge in [-0.2, -0.15) is 0 Å². The minimum absolute atomic E-state index is 0.0159. The molecule has 0 radical (unpaired) electrons. The fourth-order valence-corrected chi connectivity index (χ4v) is 3.07. The van der Waals surface area contributed by atoms with Gasteiger partial charge in [0.25, 0.3) is 0 Å². The number of aliphatic hydroxyl groups is 3. The monoisotopic (exact) mass is 292 g/mol. The van der Waals surface area contributed by atoms with Gasteiger partial charge in [-0.3, -0.25) is 4.79 Å². The summed E-state index contributed by atoms with van der Waals surface area (Å²) in [6, 6.07) is 3.01. The third-order valence-corrected chi connectivity index (χ3v) is 4.11. The third kappa shape index (κ3) is 1.76. The second kappa shape index (κ2) is 4.47. The summed E-state index contributed by atoms with van der Waals surface area (Å²) in [6.45, 7) is 1.08. The number of ether oxygens (including phenoxy) is 1. The van der Waals surface area contributed by atoms with Gasteiger partial charge in [0.2, 0.25) is 0 Å². The summed E-state index contributed by atoms with van der Waals surface area (Å²) < 4.78 is 5.69. The molecule has 0 saturated heterocycles. The molecule has 1 aromatic rings. The highest BCUT2D eigenvalue weighted by Crippen LogP contribution is 2.48. The van der Waals surface area contributed by atoms with Crippen LogP contribution in [-0.4, -0.2) is 44.5 Å². The Balaban J connectivity index is 2.32. The van der Waals surface area contributed by atoms with E-state index in [2.05, 4.69) is 0 Å². The number of benzene rings is 1. The first-order valence-electron chi connectivity index (χ1n) is 6.69. The maximum atomic E-state index is 12.1. The summed E-state index contributed by atoms with van der Waals surface area (Å²) in [5, 5.41) is 40.3. The average molecular weight is 292 g/mol. The van der Waals surface area contributed by atoms with E-state index >= 15 is 0 Å². The second-order valence-corrected chi connectivity index (χ2v) is 5.51. The summed E-state index contributed by atoms with van der Waals surface area (Å²) in [5.41, 5.74) is -1.14. The fraction of sp³-hybridized carbons (Fsp3) is 0.400. The molecule has 1 fully saturated rings. The number of carbonyl (C=O) groups excluding carboxylic acids is 1. The highest BCUT2D eigenvalue weighted by atomic mass is 16.5. The maximum Gasteiger partial charge on any atom is 0.189 e. The minimum Gasteiger partial charge on any atom is -0.507 e. The van der Waals surface area contributed by atoms with Crippen LogP contribution in [0, 0.1) is 6.92 Å². The van der Waals surface area contributed by atoms with Crippen LogP contribution in [0.1, 0.15) is 24.0 Å². The van der Waals surface area contributed by atoms with Gasteiger partial charge in [-0.15, -0.1) is 0 Å². The normalized spacial score (nSPS) is 28.0. The molecular formula is C15H16O6. The molecular weight excluding hydrogens is 276 g/mol. The summed E-state index contributed by atoms with van der Waals surface area (Å²) in [4.78, 5) is 12.1. The molecule has 2 atom stereocenters. The first kappa shape index (κ1) is 13.9. The van der Waals surface area contributed by atoms with Crippen molar-refractivity contribution in [1.82, 2.24) is 0 Å². The molecule has 2 unspecified atom stereocenters. The molecule has 2 aliphatic rings. The van der Waals surface area contributed by atoms with Crippen LogP contribution in [0.15, 0.2) is 17.7 Å². The van der Waals surface area contributed by atoms with Crippen LogP contribution in [0.2, 0.25) is 0 Å². The molecule has 1 heterocycles. The maximum absolute atomic E-state index is 12.1. The van der Waals surface area contributed by atoms with Crippen LogP contribution in [-0.2, 0) is 4.79 Å². The molecule has 21 heavy (non-hydrogen) atoms. The van der Waals surface area contributed by atoms with Crippen molar-refractivity contribution < 1.29 is 30.0 Å². The Morgan fingerprint density at radius 2 is 2.10 bits per heavy atom. The molecule has 0 bridgehead atoms. The van der Waals surface area contributed by atoms with Crippen molar-refractivity contribution in [3.8, 4) is 11.5 Å². The van der Waals surface area contributed by atoms with E-state index in [1.54, 1.807) is 13.0 Å². The summed E-state index contributed by atoms with van der Waals surface area (Å²) in [5.74, 6) is -0.921. The predicted octanol–water partition coefficient (Wildman–Crippen LogP) is 0.817. The van der Waals surface area contributed by atoms with Crippen molar-refractivity contribution in [2.45, 2.75) is 31.5 Å². The van der Waals surface area contributed by atoms with Gasteiger partial charge in [0.15, 0.2) is 11.4 Å². The van der Waals surface area contributed by atoms with Gasteiger partial charge in [-0.1, -0.05) is 0 Å². The van der Waals surface area contributed by atoms with Crippen LogP contribution in [0.3, 0.4) is 0 Å². The largest absolute Gasteiger partial charge is 0.507 e. The number of ketones is 1. The van der Waals surface area contributed by atoms with Crippen LogP contribution in [0.25, 0.3) is 5.76 Å². The van der Waals surface area contributed by atoms with Crippen molar-refractivity contribution in [2.24, 2.45) is 0 Å². The summed E-state index contributed by atoms with van der Waals surface area (Å²) in [7, 11) is 0. The van der Waals surface area contributed by atoms with Crippen molar-refractivity contribution >= 4 is 11.5 Å². The van der Waals surface area contributed by atoms with E-state index in [-0.39, 0.29) is 35.5 Å². The lowest BCUT2D eigenvalue weighted by molar-refractivity contribution is -0.130. The summed E-state index contributed by atoms with van der Waals surface area (Å²) >= 11 is 0. The van der Waals surface area contributed by atoms with Gasteiger partial charge in [0, 0.05) is 6.42 Å². The first-order valence-corrected chi connectivity index (χ1v) is 6.69. The van der Waals surface area contributed by atoms with Crippen LogP contribution < -0.4 is 4.74 Å². The Bertz CT molecular complexity index is 662. The van der Waals surface area contributed by atoms with E-state index in [1.165, 1.54) is 6.07 Å². The van der Waals surface area contributed by atoms with Crippen molar-refractivity contribution in [3.05, 3.63) is 28.8 Å². The Labute approximate surface area is 120 Å². The van der Waals surface area contributed by atoms with Crippen LogP contribution >= 0.6 is 0 Å². The molecule has 0 aromatic heterocycles. The van der Waals surface area contributed by atoms with Crippen molar-refractivity contribution in [3.63, 3.8) is 0 Å². The number of Topliss-reactive ketones (excluding diaryl/α,β-unsaturated/α-hetero) is 1. The van der Waals surface area contributed by atoms with E-state index in [4.69, 9.17) is 4.74 Å². The third-order valence-electron chi connectivity index (χ3n) is 4.11. The lowest BCUT2D eigenvalue weighted by Crippen LogP contribution is -2.58. The molecule has 4 N–H and O–H groups in total. The van der Waals surface area contributed by atoms with E-state index < -0.39 is 29.9 Å². The highest BCUT2D eigenvalue weighted by molar-refractivity contribution is 6.06. The minimum atomic E-state index is -1.67. The summed E-state index contributed by atoms with van der Waals surface area (Å²) in [6.07, 6.45) is -0.926. The Morgan fingerprint density at radius 1 is 1.38 bits per heavy atom. The number of hydrogen-bond acceptors (Lipinski definition) is 6. The first-order chi connectivity index (χ1) is 9.90. The average Bonchev–Trinajstić information content (AvgIpc) is 2.41. The Hall–Kier alpha value is -2.05. The predicted molar refractivity (Wildman–Crippen MR) is 73.1 cm³/mol. The number of aromatic hydroxyl groups is 1. The quantitative estimate of drug-likeness (QED) is 0.610. The van der Waals surface area contributed by atoms with Gasteiger partial charge < -0.3 is 25.2 Å². The molecule has 112 valence electrons. The number of fused-ring (bicyclic) bond motifs is 2. The highest BCUT2D eigenvalue weighted by Gasteiger charge is 2.54. The lowest BCUT2D eigenvalue weighted by atomic mass is 9.74. The van der Waals surface area contributed by atoms with Crippen molar-refractivity contribution in [1.29, 1.82) is 0 Å². The second-order valence-electron chi connectivity index (χ2n) is 5.51. The van der Waals surface area contributed by atoms with Gasteiger partial charge in [-0.25, -0.2) is 0 Å². The lowest BCUT2D eigenvalue weighted by Gasteiger charge is -2.44. The number of phenolic OH excluding ortho intramolecular Hbond substituents is 1. The molecule has 0 amide bonds. The van der Waals surface area contributed by atoms with Gasteiger partial charge in [0.1, 0.15) is 28.9 Å². The molecule has 1 aliphatic heterocycles. The van der Waals surface area contributed by atoms with Crippen LogP contribution in [0.4, 0.5) is 0 Å². The number of aliphatic hydroxyl groups excluding tert-OH is 3. The van der Waals surface area contributed by atoms with Gasteiger partial charge in [0.05, 0.1) is 12.2 Å². The van der Waals surface area contributed by atoms with E-state index in [0.717, 1.165) is 0 Å². The SMILES string of the molecule is Cc1cc(O)c2c(c1)OC1(CO)C(=C2O)C(=O)CCC1O. The van der Waals surface area contributed by atoms with E-state index in [9.17, 15) is 25.2 Å². The van der Waals surface area contributed by atoms with Gasteiger partial charge >= 0.3 is 0 Å².